The normalized spacial score (nSPS) is 19.1. The quantitative estimate of drug-likeness (QED) is 0.737. The van der Waals surface area contributed by atoms with Crippen molar-refractivity contribution < 1.29 is 9.53 Å². The standard InChI is InChI=1S/C24H30N4O2/c1-16-21(15-17-4-3-5-20(14-17)30-2)23(26-22(25-16)18-6-7-18)27-10-12-28(13-11-27)24(29)19-8-9-19/h3-5,14,18-19H,6-13,15H2,1-2H3. The second-order valence-electron chi connectivity index (χ2n) is 8.86. The number of methoxy groups -OCH3 is 1. The van der Waals surface area contributed by atoms with Gasteiger partial charge in [0.15, 0.2) is 0 Å². The number of nitrogens with zero attached hydrogens (tertiary/aromatic N) is 4. The molecule has 1 aromatic carbocycles. The molecule has 2 aliphatic carbocycles. The molecule has 0 spiro atoms. The Morgan fingerprint density at radius 1 is 1.10 bits per heavy atom. The van der Waals surface area contributed by atoms with Crippen molar-refractivity contribution in [2.45, 2.75) is 44.9 Å². The van der Waals surface area contributed by atoms with E-state index in [1.165, 1.54) is 24.0 Å². The van der Waals surface area contributed by atoms with E-state index in [-0.39, 0.29) is 0 Å². The molecular formula is C24H30N4O2. The zero-order valence-electron chi connectivity index (χ0n) is 17.9. The zero-order valence-corrected chi connectivity index (χ0v) is 17.9. The summed E-state index contributed by atoms with van der Waals surface area (Å²) in [6.07, 6.45) is 5.30. The molecule has 6 heteroatoms. The van der Waals surface area contributed by atoms with E-state index in [1.807, 2.05) is 17.0 Å². The van der Waals surface area contributed by atoms with Crippen molar-refractivity contribution in [3.05, 3.63) is 46.9 Å². The van der Waals surface area contributed by atoms with Gasteiger partial charge in [-0.25, -0.2) is 9.97 Å². The van der Waals surface area contributed by atoms with Crippen LogP contribution in [0, 0.1) is 12.8 Å². The van der Waals surface area contributed by atoms with Crippen molar-refractivity contribution in [3.63, 3.8) is 0 Å². The Balaban J connectivity index is 1.41. The van der Waals surface area contributed by atoms with E-state index in [0.29, 0.717) is 17.7 Å². The molecule has 0 radical (unpaired) electrons. The molecule has 6 nitrogen and oxygen atoms in total. The van der Waals surface area contributed by atoms with Crippen LogP contribution in [0.2, 0.25) is 0 Å². The average molecular weight is 407 g/mol. The van der Waals surface area contributed by atoms with Gasteiger partial charge in [-0.1, -0.05) is 12.1 Å². The maximum Gasteiger partial charge on any atom is 0.225 e. The van der Waals surface area contributed by atoms with Crippen LogP contribution in [-0.2, 0) is 11.2 Å². The molecule has 0 bridgehead atoms. The number of hydrogen-bond donors (Lipinski definition) is 0. The first-order valence-electron chi connectivity index (χ1n) is 11.2. The minimum absolute atomic E-state index is 0.294. The number of ether oxygens (including phenoxy) is 1. The second-order valence-corrected chi connectivity index (χ2v) is 8.86. The van der Waals surface area contributed by atoms with Crippen molar-refractivity contribution in [1.82, 2.24) is 14.9 Å². The maximum atomic E-state index is 12.4. The molecule has 1 aliphatic heterocycles. The summed E-state index contributed by atoms with van der Waals surface area (Å²) < 4.78 is 5.41. The SMILES string of the molecule is COc1cccc(Cc2c(C)nc(C3CC3)nc2N2CCN(C(=O)C3CC3)CC2)c1. The van der Waals surface area contributed by atoms with Gasteiger partial charge in [0.05, 0.1) is 7.11 Å². The predicted octanol–water partition coefficient (Wildman–Crippen LogP) is 3.32. The molecule has 1 amide bonds. The van der Waals surface area contributed by atoms with Gasteiger partial charge < -0.3 is 14.5 Å². The lowest BCUT2D eigenvalue weighted by atomic mass is 10.0. The molecule has 30 heavy (non-hydrogen) atoms. The molecule has 1 saturated heterocycles. The van der Waals surface area contributed by atoms with E-state index in [4.69, 9.17) is 14.7 Å². The molecule has 2 aromatic rings. The lowest BCUT2D eigenvalue weighted by Gasteiger charge is -2.36. The average Bonchev–Trinajstić information content (AvgIpc) is 3.67. The van der Waals surface area contributed by atoms with Crippen LogP contribution in [0.5, 0.6) is 5.75 Å². The molecule has 0 unspecified atom stereocenters. The number of aromatic nitrogens is 2. The number of aryl methyl sites for hydroxylation is 1. The minimum Gasteiger partial charge on any atom is -0.497 e. The first-order valence-corrected chi connectivity index (χ1v) is 11.2. The van der Waals surface area contributed by atoms with Crippen LogP contribution in [-0.4, -0.2) is 54.1 Å². The molecule has 2 saturated carbocycles. The molecule has 3 aliphatic rings. The lowest BCUT2D eigenvalue weighted by Crippen LogP contribution is -2.49. The number of amides is 1. The van der Waals surface area contributed by atoms with Crippen LogP contribution in [0.25, 0.3) is 0 Å². The van der Waals surface area contributed by atoms with Crippen LogP contribution in [0.1, 0.15) is 54.2 Å². The van der Waals surface area contributed by atoms with Gasteiger partial charge in [0.2, 0.25) is 5.91 Å². The van der Waals surface area contributed by atoms with Gasteiger partial charge in [-0.3, -0.25) is 4.79 Å². The van der Waals surface area contributed by atoms with Crippen molar-refractivity contribution in [2.75, 3.05) is 38.2 Å². The Hall–Kier alpha value is -2.63. The van der Waals surface area contributed by atoms with E-state index in [2.05, 4.69) is 24.0 Å². The summed E-state index contributed by atoms with van der Waals surface area (Å²) in [7, 11) is 1.70. The summed E-state index contributed by atoms with van der Waals surface area (Å²) in [4.78, 5) is 26.8. The van der Waals surface area contributed by atoms with Crippen molar-refractivity contribution >= 4 is 11.7 Å². The first-order chi connectivity index (χ1) is 14.6. The van der Waals surface area contributed by atoms with Crippen LogP contribution in [0.3, 0.4) is 0 Å². The fourth-order valence-corrected chi connectivity index (χ4v) is 4.31. The second kappa shape index (κ2) is 7.89. The molecule has 3 fully saturated rings. The number of carbonyl (C=O) groups excluding carboxylic acids is 1. The Kier molecular flexibility index (Phi) is 5.09. The number of rotatable bonds is 6. The highest BCUT2D eigenvalue weighted by Gasteiger charge is 2.35. The van der Waals surface area contributed by atoms with E-state index in [0.717, 1.165) is 68.5 Å². The summed E-state index contributed by atoms with van der Waals surface area (Å²) in [5, 5.41) is 0. The van der Waals surface area contributed by atoms with E-state index >= 15 is 0 Å². The van der Waals surface area contributed by atoms with E-state index in [9.17, 15) is 4.79 Å². The maximum absolute atomic E-state index is 12.4. The van der Waals surface area contributed by atoms with Gasteiger partial charge in [-0.2, -0.15) is 0 Å². The van der Waals surface area contributed by atoms with Gasteiger partial charge in [0.25, 0.3) is 0 Å². The number of piperazine rings is 1. The summed E-state index contributed by atoms with van der Waals surface area (Å²) in [6.45, 7) is 5.36. The Morgan fingerprint density at radius 3 is 2.53 bits per heavy atom. The van der Waals surface area contributed by atoms with Crippen LogP contribution in [0.15, 0.2) is 24.3 Å². The third-order valence-corrected chi connectivity index (χ3v) is 6.48. The summed E-state index contributed by atoms with van der Waals surface area (Å²) >= 11 is 0. The fourth-order valence-electron chi connectivity index (χ4n) is 4.31. The minimum atomic E-state index is 0.294. The van der Waals surface area contributed by atoms with Crippen LogP contribution < -0.4 is 9.64 Å². The highest BCUT2D eigenvalue weighted by atomic mass is 16.5. The monoisotopic (exact) mass is 406 g/mol. The number of carbonyl (C=O) groups is 1. The molecule has 0 atom stereocenters. The Morgan fingerprint density at radius 2 is 1.87 bits per heavy atom. The molecule has 0 N–H and O–H groups in total. The zero-order chi connectivity index (χ0) is 20.7. The van der Waals surface area contributed by atoms with Crippen molar-refractivity contribution in [3.8, 4) is 5.75 Å². The smallest absolute Gasteiger partial charge is 0.225 e. The van der Waals surface area contributed by atoms with Crippen molar-refractivity contribution in [1.29, 1.82) is 0 Å². The molecule has 158 valence electrons. The topological polar surface area (TPSA) is 58.6 Å². The van der Waals surface area contributed by atoms with Gasteiger partial charge in [0.1, 0.15) is 17.4 Å². The van der Waals surface area contributed by atoms with Crippen LogP contribution >= 0.6 is 0 Å². The summed E-state index contributed by atoms with van der Waals surface area (Å²) in [5.41, 5.74) is 3.46. The molecular weight excluding hydrogens is 376 g/mol. The Labute approximate surface area is 178 Å². The third kappa shape index (κ3) is 4.00. The first kappa shape index (κ1) is 19.3. The van der Waals surface area contributed by atoms with Gasteiger partial charge in [0, 0.05) is 55.7 Å². The van der Waals surface area contributed by atoms with Gasteiger partial charge in [-0.15, -0.1) is 0 Å². The third-order valence-electron chi connectivity index (χ3n) is 6.48. The predicted molar refractivity (Wildman–Crippen MR) is 116 cm³/mol. The Bertz CT molecular complexity index is 944. The lowest BCUT2D eigenvalue weighted by molar-refractivity contribution is -0.132. The number of benzene rings is 1. The summed E-state index contributed by atoms with van der Waals surface area (Å²) in [6, 6.07) is 8.22. The number of anilines is 1. The van der Waals surface area contributed by atoms with Crippen LogP contribution in [0.4, 0.5) is 5.82 Å². The van der Waals surface area contributed by atoms with Crippen molar-refractivity contribution in [2.24, 2.45) is 5.92 Å². The highest BCUT2D eigenvalue weighted by molar-refractivity contribution is 5.81. The highest BCUT2D eigenvalue weighted by Crippen LogP contribution is 2.40. The largest absolute Gasteiger partial charge is 0.497 e. The number of hydrogen-bond acceptors (Lipinski definition) is 5. The fraction of sp³-hybridized carbons (Fsp3) is 0.542. The molecule has 1 aromatic heterocycles. The molecule has 2 heterocycles. The van der Waals surface area contributed by atoms with Gasteiger partial charge in [-0.05, 0) is 50.3 Å². The van der Waals surface area contributed by atoms with Gasteiger partial charge >= 0.3 is 0 Å². The van der Waals surface area contributed by atoms with E-state index < -0.39 is 0 Å². The van der Waals surface area contributed by atoms with E-state index in [1.54, 1.807) is 7.11 Å². The summed E-state index contributed by atoms with van der Waals surface area (Å²) in [5.74, 6) is 4.09. The molecule has 5 rings (SSSR count).